The van der Waals surface area contributed by atoms with Gasteiger partial charge in [0.15, 0.2) is 0 Å². The van der Waals surface area contributed by atoms with Crippen LogP contribution < -0.4 is 5.32 Å². The Labute approximate surface area is 76.3 Å². The van der Waals surface area contributed by atoms with E-state index in [0.29, 0.717) is 6.04 Å². The zero-order valence-electron chi connectivity index (χ0n) is 8.51. The monoisotopic (exact) mass is 169 g/mol. The lowest BCUT2D eigenvalue weighted by molar-refractivity contribution is 0.131. The molecule has 0 saturated carbocycles. The third-order valence-electron chi connectivity index (χ3n) is 2.60. The Bertz CT molecular complexity index is 121. The van der Waals surface area contributed by atoms with Crippen LogP contribution in [0.1, 0.15) is 26.7 Å². The Morgan fingerprint density at radius 3 is 2.92 bits per heavy atom. The number of likely N-dealkylation sites (N-methyl/N-ethyl adjacent to an activating group) is 1. The molecular weight excluding hydrogens is 148 g/mol. The van der Waals surface area contributed by atoms with E-state index >= 15 is 0 Å². The van der Waals surface area contributed by atoms with Gasteiger partial charge in [0, 0.05) is 18.6 Å². The average molecular weight is 169 g/mol. The molecule has 1 aliphatic heterocycles. The summed E-state index contributed by atoms with van der Waals surface area (Å²) in [6.07, 6.45) is 4.93. The van der Waals surface area contributed by atoms with Gasteiger partial charge in [-0.2, -0.15) is 0 Å². The van der Waals surface area contributed by atoms with Crippen molar-refractivity contribution in [2.75, 3.05) is 20.1 Å². The highest BCUT2D eigenvalue weighted by Crippen LogP contribution is 2.17. The van der Waals surface area contributed by atoms with Crippen LogP contribution in [-0.2, 0) is 0 Å². The lowest BCUT2D eigenvalue weighted by Crippen LogP contribution is -2.48. The van der Waals surface area contributed by atoms with E-state index in [0.717, 1.165) is 12.6 Å². The molecule has 1 radical (unpaired) electrons. The lowest BCUT2D eigenvalue weighted by Gasteiger charge is -2.38. The number of piperidine rings is 1. The summed E-state index contributed by atoms with van der Waals surface area (Å²) >= 11 is 0. The number of nitrogens with one attached hydrogen (secondary N) is 1. The topological polar surface area (TPSA) is 15.3 Å². The molecule has 0 amide bonds. The first-order chi connectivity index (χ1) is 5.75. The maximum Gasteiger partial charge on any atom is 0.0225 e. The number of rotatable bonds is 3. The number of nitrogens with zero attached hydrogens (tertiary/aromatic N) is 1. The van der Waals surface area contributed by atoms with Crippen molar-refractivity contribution in [3.05, 3.63) is 6.42 Å². The quantitative estimate of drug-likeness (QED) is 0.684. The fourth-order valence-electron chi connectivity index (χ4n) is 1.98. The number of likely N-dealkylation sites (tertiary alicyclic amines) is 1. The van der Waals surface area contributed by atoms with E-state index in [1.807, 2.05) is 7.05 Å². The SMILES string of the molecule is CNCC1C[CH]CCN1C(C)C. The molecule has 0 spiro atoms. The smallest absolute Gasteiger partial charge is 0.0225 e. The van der Waals surface area contributed by atoms with E-state index < -0.39 is 0 Å². The van der Waals surface area contributed by atoms with Gasteiger partial charge in [0.2, 0.25) is 0 Å². The van der Waals surface area contributed by atoms with E-state index in [-0.39, 0.29) is 0 Å². The summed E-state index contributed by atoms with van der Waals surface area (Å²) in [6, 6.07) is 1.42. The molecule has 12 heavy (non-hydrogen) atoms. The molecule has 1 atom stereocenters. The third kappa shape index (κ3) is 2.46. The molecule has 0 aromatic rings. The van der Waals surface area contributed by atoms with Crippen molar-refractivity contribution in [2.24, 2.45) is 0 Å². The minimum Gasteiger partial charge on any atom is -0.318 e. The molecule has 2 heteroatoms. The maximum absolute atomic E-state index is 3.26. The van der Waals surface area contributed by atoms with Crippen LogP contribution in [0.3, 0.4) is 0 Å². The normalized spacial score (nSPS) is 26.5. The first kappa shape index (κ1) is 10.0. The van der Waals surface area contributed by atoms with Crippen molar-refractivity contribution in [1.29, 1.82) is 0 Å². The summed E-state index contributed by atoms with van der Waals surface area (Å²) in [6.45, 7) is 6.93. The van der Waals surface area contributed by atoms with Gasteiger partial charge in [0.1, 0.15) is 0 Å². The summed E-state index contributed by atoms with van der Waals surface area (Å²) in [5.41, 5.74) is 0. The fourth-order valence-corrected chi connectivity index (χ4v) is 1.98. The lowest BCUT2D eigenvalue weighted by atomic mass is 10.0. The van der Waals surface area contributed by atoms with Crippen molar-refractivity contribution < 1.29 is 0 Å². The van der Waals surface area contributed by atoms with E-state index in [1.54, 1.807) is 0 Å². The van der Waals surface area contributed by atoms with Crippen LogP contribution in [0.5, 0.6) is 0 Å². The molecule has 1 rings (SSSR count). The molecular formula is C10H21N2. The van der Waals surface area contributed by atoms with Gasteiger partial charge < -0.3 is 5.32 Å². The Morgan fingerprint density at radius 1 is 1.58 bits per heavy atom. The molecule has 1 heterocycles. The second-order valence-corrected chi connectivity index (χ2v) is 3.86. The zero-order valence-corrected chi connectivity index (χ0v) is 8.51. The van der Waals surface area contributed by atoms with Crippen LogP contribution in [0.4, 0.5) is 0 Å². The molecule has 0 aromatic carbocycles. The van der Waals surface area contributed by atoms with Crippen molar-refractivity contribution in [3.8, 4) is 0 Å². The molecule has 71 valence electrons. The van der Waals surface area contributed by atoms with Crippen LogP contribution in [0.2, 0.25) is 0 Å². The summed E-state index contributed by atoms with van der Waals surface area (Å²) < 4.78 is 0. The Balaban J connectivity index is 2.42. The highest BCUT2D eigenvalue weighted by molar-refractivity contribution is 4.88. The second-order valence-electron chi connectivity index (χ2n) is 3.86. The van der Waals surface area contributed by atoms with Gasteiger partial charge in [-0.3, -0.25) is 4.90 Å². The summed E-state index contributed by atoms with van der Waals surface area (Å²) in [5.74, 6) is 0. The zero-order chi connectivity index (χ0) is 8.97. The molecule has 1 fully saturated rings. The molecule has 2 nitrogen and oxygen atoms in total. The molecule has 0 bridgehead atoms. The van der Waals surface area contributed by atoms with Crippen molar-refractivity contribution in [2.45, 2.75) is 38.8 Å². The summed E-state index contributed by atoms with van der Waals surface area (Å²) in [7, 11) is 2.03. The molecule has 1 N–H and O–H groups in total. The van der Waals surface area contributed by atoms with Crippen LogP contribution in [0, 0.1) is 6.42 Å². The Morgan fingerprint density at radius 2 is 2.33 bits per heavy atom. The van der Waals surface area contributed by atoms with Crippen LogP contribution in [0.25, 0.3) is 0 Å². The molecule has 1 aliphatic rings. The van der Waals surface area contributed by atoms with E-state index in [9.17, 15) is 0 Å². The number of hydrogen-bond acceptors (Lipinski definition) is 2. The molecule has 1 unspecified atom stereocenters. The minimum atomic E-state index is 0.692. The van der Waals surface area contributed by atoms with Crippen molar-refractivity contribution in [3.63, 3.8) is 0 Å². The van der Waals surface area contributed by atoms with Gasteiger partial charge in [-0.15, -0.1) is 0 Å². The Hall–Kier alpha value is -0.0800. The summed E-state index contributed by atoms with van der Waals surface area (Å²) in [4.78, 5) is 2.59. The van der Waals surface area contributed by atoms with Crippen molar-refractivity contribution in [1.82, 2.24) is 10.2 Å². The largest absolute Gasteiger partial charge is 0.318 e. The molecule has 1 saturated heterocycles. The highest BCUT2D eigenvalue weighted by Gasteiger charge is 2.23. The standard InChI is InChI=1S/C10H21N2/c1-9(2)12-7-5-4-6-10(12)8-11-3/h4,9-11H,5-8H2,1-3H3. The highest BCUT2D eigenvalue weighted by atomic mass is 15.2. The fraction of sp³-hybridized carbons (Fsp3) is 0.900. The van der Waals surface area contributed by atoms with Gasteiger partial charge in [-0.05, 0) is 46.7 Å². The van der Waals surface area contributed by atoms with E-state index in [1.165, 1.54) is 19.4 Å². The van der Waals surface area contributed by atoms with Gasteiger partial charge in [-0.1, -0.05) is 0 Å². The third-order valence-corrected chi connectivity index (χ3v) is 2.60. The maximum atomic E-state index is 3.26. The van der Waals surface area contributed by atoms with E-state index in [4.69, 9.17) is 0 Å². The molecule has 0 aliphatic carbocycles. The average Bonchev–Trinajstić information content (AvgIpc) is 2.05. The van der Waals surface area contributed by atoms with Gasteiger partial charge in [0.05, 0.1) is 0 Å². The van der Waals surface area contributed by atoms with Crippen LogP contribution in [0.15, 0.2) is 0 Å². The van der Waals surface area contributed by atoms with Crippen molar-refractivity contribution >= 4 is 0 Å². The summed E-state index contributed by atoms with van der Waals surface area (Å²) in [5, 5.41) is 3.26. The first-order valence-corrected chi connectivity index (χ1v) is 4.97. The van der Waals surface area contributed by atoms with Gasteiger partial charge in [-0.25, -0.2) is 0 Å². The van der Waals surface area contributed by atoms with Crippen LogP contribution in [-0.4, -0.2) is 37.1 Å². The predicted molar refractivity (Wildman–Crippen MR) is 53.1 cm³/mol. The Kier molecular flexibility index (Phi) is 4.02. The van der Waals surface area contributed by atoms with Crippen LogP contribution >= 0.6 is 0 Å². The van der Waals surface area contributed by atoms with Gasteiger partial charge >= 0.3 is 0 Å². The molecule has 0 aromatic heterocycles. The number of hydrogen-bond donors (Lipinski definition) is 1. The first-order valence-electron chi connectivity index (χ1n) is 4.97. The predicted octanol–water partition coefficient (Wildman–Crippen LogP) is 1.28. The minimum absolute atomic E-state index is 0.692. The van der Waals surface area contributed by atoms with E-state index in [2.05, 4.69) is 30.5 Å². The van der Waals surface area contributed by atoms with Gasteiger partial charge in [0.25, 0.3) is 0 Å². The second kappa shape index (κ2) is 4.83.